The molecule has 0 aromatic heterocycles. The SMILES string of the molecule is CC(C)CCN1CCC(N2C[C@H](O)C[C@H]2C(=O)NC2CCCCC2)CC1. The Bertz CT molecular complexity index is 443. The highest BCUT2D eigenvalue weighted by Gasteiger charge is 2.41. The molecule has 3 rings (SSSR count). The van der Waals surface area contributed by atoms with Gasteiger partial charge in [0.15, 0.2) is 0 Å². The van der Waals surface area contributed by atoms with E-state index >= 15 is 0 Å². The average molecular weight is 366 g/mol. The molecule has 2 aliphatic heterocycles. The van der Waals surface area contributed by atoms with Gasteiger partial charge in [0, 0.05) is 18.6 Å². The van der Waals surface area contributed by atoms with Crippen molar-refractivity contribution >= 4 is 5.91 Å². The lowest BCUT2D eigenvalue weighted by atomic mass is 9.95. The van der Waals surface area contributed by atoms with Gasteiger partial charge in [-0.1, -0.05) is 33.1 Å². The number of hydrogen-bond acceptors (Lipinski definition) is 4. The number of aliphatic hydroxyl groups is 1. The van der Waals surface area contributed by atoms with Crippen molar-refractivity contribution in [1.29, 1.82) is 0 Å². The van der Waals surface area contributed by atoms with Gasteiger partial charge >= 0.3 is 0 Å². The number of carbonyl (C=O) groups is 1. The van der Waals surface area contributed by atoms with Gasteiger partial charge < -0.3 is 15.3 Å². The van der Waals surface area contributed by atoms with Crippen LogP contribution in [0.2, 0.25) is 0 Å². The van der Waals surface area contributed by atoms with Crippen LogP contribution < -0.4 is 5.32 Å². The topological polar surface area (TPSA) is 55.8 Å². The van der Waals surface area contributed by atoms with E-state index in [9.17, 15) is 9.90 Å². The fourth-order valence-corrected chi connectivity index (χ4v) is 4.96. The van der Waals surface area contributed by atoms with Crippen LogP contribution in [0.4, 0.5) is 0 Å². The Morgan fingerprint density at radius 1 is 1.12 bits per heavy atom. The summed E-state index contributed by atoms with van der Waals surface area (Å²) in [6, 6.07) is 0.678. The lowest BCUT2D eigenvalue weighted by molar-refractivity contribution is -0.127. The Hall–Kier alpha value is -0.650. The quantitative estimate of drug-likeness (QED) is 0.759. The minimum Gasteiger partial charge on any atom is -0.392 e. The van der Waals surface area contributed by atoms with Gasteiger partial charge in [0.2, 0.25) is 5.91 Å². The molecule has 1 amide bonds. The van der Waals surface area contributed by atoms with Crippen LogP contribution in [0, 0.1) is 5.92 Å². The van der Waals surface area contributed by atoms with Gasteiger partial charge in [-0.2, -0.15) is 0 Å². The Morgan fingerprint density at radius 3 is 2.46 bits per heavy atom. The van der Waals surface area contributed by atoms with Crippen molar-refractivity contribution in [2.24, 2.45) is 5.92 Å². The van der Waals surface area contributed by atoms with Gasteiger partial charge in [0.1, 0.15) is 0 Å². The molecule has 0 radical (unpaired) electrons. The molecule has 2 saturated heterocycles. The minimum absolute atomic E-state index is 0.126. The maximum Gasteiger partial charge on any atom is 0.237 e. The van der Waals surface area contributed by atoms with Crippen molar-refractivity contribution in [3.8, 4) is 0 Å². The number of hydrogen-bond donors (Lipinski definition) is 2. The van der Waals surface area contributed by atoms with E-state index in [0.29, 0.717) is 25.0 Å². The molecular weight excluding hydrogens is 326 g/mol. The first-order chi connectivity index (χ1) is 12.5. The van der Waals surface area contributed by atoms with Crippen LogP contribution in [0.25, 0.3) is 0 Å². The predicted molar refractivity (Wildman–Crippen MR) is 105 cm³/mol. The summed E-state index contributed by atoms with van der Waals surface area (Å²) in [5, 5.41) is 13.5. The van der Waals surface area contributed by atoms with Gasteiger partial charge in [0.25, 0.3) is 0 Å². The molecule has 2 N–H and O–H groups in total. The fourth-order valence-electron chi connectivity index (χ4n) is 4.96. The first-order valence-corrected chi connectivity index (χ1v) is 11.0. The summed E-state index contributed by atoms with van der Waals surface area (Å²) < 4.78 is 0. The summed E-state index contributed by atoms with van der Waals surface area (Å²) in [5.74, 6) is 0.921. The molecule has 1 saturated carbocycles. The molecule has 1 aliphatic carbocycles. The van der Waals surface area contributed by atoms with E-state index in [0.717, 1.165) is 44.7 Å². The third-order valence-corrected chi connectivity index (χ3v) is 6.62. The first kappa shape index (κ1) is 20.1. The fraction of sp³-hybridized carbons (Fsp3) is 0.952. The van der Waals surface area contributed by atoms with Crippen LogP contribution >= 0.6 is 0 Å². The van der Waals surface area contributed by atoms with Gasteiger partial charge in [-0.05, 0) is 64.1 Å². The van der Waals surface area contributed by atoms with Gasteiger partial charge in [-0.15, -0.1) is 0 Å². The molecule has 5 heteroatoms. The van der Waals surface area contributed by atoms with E-state index in [4.69, 9.17) is 0 Å². The van der Waals surface area contributed by atoms with Crippen LogP contribution in [0.5, 0.6) is 0 Å². The third-order valence-electron chi connectivity index (χ3n) is 6.62. The molecule has 0 aromatic rings. The maximum atomic E-state index is 12.9. The van der Waals surface area contributed by atoms with Crippen molar-refractivity contribution in [3.05, 3.63) is 0 Å². The number of aliphatic hydroxyl groups excluding tert-OH is 1. The highest BCUT2D eigenvalue weighted by molar-refractivity contribution is 5.82. The second-order valence-corrected chi connectivity index (χ2v) is 9.20. The number of carbonyl (C=O) groups excluding carboxylic acids is 1. The molecule has 2 heterocycles. The molecule has 0 bridgehead atoms. The van der Waals surface area contributed by atoms with Crippen LogP contribution in [0.3, 0.4) is 0 Å². The summed E-state index contributed by atoms with van der Waals surface area (Å²) in [6.45, 7) is 8.68. The molecule has 0 spiro atoms. The summed E-state index contributed by atoms with van der Waals surface area (Å²) in [6.07, 6.45) is 9.77. The molecule has 3 fully saturated rings. The zero-order valence-electron chi connectivity index (χ0n) is 16.8. The van der Waals surface area contributed by atoms with E-state index in [-0.39, 0.29) is 18.1 Å². The number of nitrogens with one attached hydrogen (secondary N) is 1. The molecular formula is C21H39N3O2. The Balaban J connectivity index is 1.50. The molecule has 26 heavy (non-hydrogen) atoms. The second-order valence-electron chi connectivity index (χ2n) is 9.20. The van der Waals surface area contributed by atoms with Crippen LogP contribution in [-0.2, 0) is 4.79 Å². The molecule has 5 nitrogen and oxygen atoms in total. The monoisotopic (exact) mass is 365 g/mol. The summed E-state index contributed by atoms with van der Waals surface area (Å²) in [5.41, 5.74) is 0. The van der Waals surface area contributed by atoms with Crippen molar-refractivity contribution in [2.75, 3.05) is 26.2 Å². The van der Waals surface area contributed by atoms with E-state index in [2.05, 4.69) is 29.0 Å². The van der Waals surface area contributed by atoms with E-state index in [1.54, 1.807) is 0 Å². The Morgan fingerprint density at radius 2 is 1.81 bits per heavy atom. The highest BCUT2D eigenvalue weighted by Crippen LogP contribution is 2.27. The van der Waals surface area contributed by atoms with Crippen LogP contribution in [0.1, 0.15) is 71.6 Å². The molecule has 0 aromatic carbocycles. The standard InChI is InChI=1S/C21H39N3O2/c1-16(2)8-11-23-12-9-18(10-13-23)24-15-19(25)14-20(24)21(26)22-17-6-4-3-5-7-17/h16-20,25H,3-15H2,1-2H3,(H,22,26)/t19-,20+/m1/s1. The number of nitrogens with zero attached hydrogens (tertiary/aromatic N) is 2. The number of likely N-dealkylation sites (tertiary alicyclic amines) is 2. The van der Waals surface area contributed by atoms with E-state index < -0.39 is 0 Å². The van der Waals surface area contributed by atoms with Crippen molar-refractivity contribution < 1.29 is 9.90 Å². The molecule has 2 atom stereocenters. The highest BCUT2D eigenvalue weighted by atomic mass is 16.3. The zero-order chi connectivity index (χ0) is 18.5. The second kappa shape index (κ2) is 9.52. The lowest BCUT2D eigenvalue weighted by Gasteiger charge is -2.39. The number of amides is 1. The van der Waals surface area contributed by atoms with Gasteiger partial charge in [0.05, 0.1) is 12.1 Å². The van der Waals surface area contributed by atoms with Crippen LogP contribution in [-0.4, -0.2) is 71.2 Å². The summed E-state index contributed by atoms with van der Waals surface area (Å²) in [4.78, 5) is 17.8. The first-order valence-electron chi connectivity index (χ1n) is 11.0. The third kappa shape index (κ3) is 5.43. The van der Waals surface area contributed by atoms with E-state index in [1.165, 1.54) is 32.2 Å². The number of β-amino-alcohol motifs (C(OH)–C–C–N with tert-alkyl or cyclic N) is 1. The zero-order valence-corrected chi connectivity index (χ0v) is 16.8. The summed E-state index contributed by atoms with van der Waals surface area (Å²) >= 11 is 0. The van der Waals surface area contributed by atoms with E-state index in [1.807, 2.05) is 0 Å². The Kier molecular flexibility index (Phi) is 7.35. The van der Waals surface area contributed by atoms with Crippen LogP contribution in [0.15, 0.2) is 0 Å². The summed E-state index contributed by atoms with van der Waals surface area (Å²) in [7, 11) is 0. The number of rotatable bonds is 6. The Labute approximate surface area is 159 Å². The molecule has 3 aliphatic rings. The average Bonchev–Trinajstić information content (AvgIpc) is 3.03. The lowest BCUT2D eigenvalue weighted by Crippen LogP contribution is -2.53. The van der Waals surface area contributed by atoms with Crippen molar-refractivity contribution in [2.45, 2.75) is 95.9 Å². The normalized spacial score (nSPS) is 30.2. The number of piperidine rings is 1. The molecule has 0 unspecified atom stereocenters. The largest absolute Gasteiger partial charge is 0.392 e. The smallest absolute Gasteiger partial charge is 0.237 e. The van der Waals surface area contributed by atoms with Crippen molar-refractivity contribution in [3.63, 3.8) is 0 Å². The van der Waals surface area contributed by atoms with Gasteiger partial charge in [-0.3, -0.25) is 9.69 Å². The minimum atomic E-state index is -0.351. The van der Waals surface area contributed by atoms with Gasteiger partial charge in [-0.25, -0.2) is 0 Å². The maximum absolute atomic E-state index is 12.9. The predicted octanol–water partition coefficient (Wildman–Crippen LogP) is 2.38. The van der Waals surface area contributed by atoms with Crippen molar-refractivity contribution in [1.82, 2.24) is 15.1 Å². The molecule has 150 valence electrons.